The first-order valence-corrected chi connectivity index (χ1v) is 3.64. The van der Waals surface area contributed by atoms with Crippen molar-refractivity contribution in [2.75, 3.05) is 0 Å². The molecule has 0 aliphatic rings. The van der Waals surface area contributed by atoms with E-state index in [9.17, 15) is 0 Å². The van der Waals surface area contributed by atoms with E-state index in [1.54, 1.807) is 0 Å². The van der Waals surface area contributed by atoms with Crippen molar-refractivity contribution in [3.63, 3.8) is 0 Å². The largest absolute Gasteiger partial charge is 0.208 e. The monoisotopic (exact) mass is 147 g/mol. The molecule has 0 saturated heterocycles. The van der Waals surface area contributed by atoms with Crippen LogP contribution in [0.25, 0.3) is 0 Å². The summed E-state index contributed by atoms with van der Waals surface area (Å²) in [6.07, 6.45) is 5.47. The maximum Gasteiger partial charge on any atom is 0.171 e. The van der Waals surface area contributed by atoms with E-state index in [1.165, 1.54) is 5.56 Å². The molecule has 56 valence electrons. The fraction of sp³-hybridized carbons (Fsp3) is 0.333. The van der Waals surface area contributed by atoms with Crippen LogP contribution in [0.2, 0.25) is 0 Å². The number of rotatable bonds is 2. The van der Waals surface area contributed by atoms with Crippen LogP contribution in [0.3, 0.4) is 0 Å². The lowest BCUT2D eigenvalue weighted by Gasteiger charge is -1.92. The number of nitriles is 1. The van der Waals surface area contributed by atoms with Gasteiger partial charge in [-0.25, -0.2) is 4.57 Å². The molecule has 1 aromatic heterocycles. The summed E-state index contributed by atoms with van der Waals surface area (Å²) >= 11 is 0. The average molecular weight is 147 g/mol. The molecule has 0 radical (unpaired) electrons. The molecule has 0 bridgehead atoms. The molecule has 0 N–H and O–H groups in total. The van der Waals surface area contributed by atoms with Gasteiger partial charge >= 0.3 is 0 Å². The molecule has 0 unspecified atom stereocenters. The number of aryl methyl sites for hydroxylation is 2. The van der Waals surface area contributed by atoms with Crippen molar-refractivity contribution in [1.82, 2.24) is 0 Å². The second-order valence-corrected chi connectivity index (χ2v) is 2.54. The van der Waals surface area contributed by atoms with Gasteiger partial charge in [-0.2, -0.15) is 5.26 Å². The summed E-state index contributed by atoms with van der Waals surface area (Å²) in [6.45, 7) is 0. The third-order valence-electron chi connectivity index (χ3n) is 1.53. The number of nitrogens with zero attached hydrogens (tertiary/aromatic N) is 2. The van der Waals surface area contributed by atoms with E-state index in [1.807, 2.05) is 36.1 Å². The van der Waals surface area contributed by atoms with Gasteiger partial charge in [0.1, 0.15) is 7.05 Å². The molecule has 0 spiro atoms. The molecule has 0 amide bonds. The van der Waals surface area contributed by atoms with Gasteiger partial charge in [-0.05, 0) is 12.5 Å². The minimum absolute atomic E-state index is 0.601. The number of pyridine rings is 1. The molecule has 0 aliphatic carbocycles. The third kappa shape index (κ3) is 2.38. The SMILES string of the molecule is C[n+]1cccc(CCC#N)c1. The van der Waals surface area contributed by atoms with Crippen LogP contribution in [0.4, 0.5) is 0 Å². The van der Waals surface area contributed by atoms with Crippen molar-refractivity contribution in [1.29, 1.82) is 5.26 Å². The molecular weight excluding hydrogens is 136 g/mol. The molecule has 2 nitrogen and oxygen atoms in total. The van der Waals surface area contributed by atoms with Crippen LogP contribution >= 0.6 is 0 Å². The highest BCUT2D eigenvalue weighted by Gasteiger charge is 1.96. The van der Waals surface area contributed by atoms with Crippen molar-refractivity contribution in [3.05, 3.63) is 30.1 Å². The summed E-state index contributed by atoms with van der Waals surface area (Å²) in [6, 6.07) is 6.16. The maximum atomic E-state index is 8.34. The van der Waals surface area contributed by atoms with Crippen LogP contribution in [0.15, 0.2) is 24.5 Å². The number of aromatic nitrogens is 1. The summed E-state index contributed by atoms with van der Waals surface area (Å²) < 4.78 is 1.99. The lowest BCUT2D eigenvalue weighted by molar-refractivity contribution is -0.671. The molecule has 0 aromatic carbocycles. The molecule has 0 fully saturated rings. The number of hydrogen-bond donors (Lipinski definition) is 0. The fourth-order valence-corrected chi connectivity index (χ4v) is 0.998. The van der Waals surface area contributed by atoms with Crippen molar-refractivity contribution in [3.8, 4) is 6.07 Å². The van der Waals surface area contributed by atoms with E-state index in [0.717, 1.165) is 6.42 Å². The van der Waals surface area contributed by atoms with Crippen molar-refractivity contribution in [2.45, 2.75) is 12.8 Å². The minimum atomic E-state index is 0.601. The highest BCUT2D eigenvalue weighted by Crippen LogP contribution is 1.97. The summed E-state index contributed by atoms with van der Waals surface area (Å²) in [5.74, 6) is 0. The fourth-order valence-electron chi connectivity index (χ4n) is 0.998. The Labute approximate surface area is 66.7 Å². The van der Waals surface area contributed by atoms with Crippen molar-refractivity contribution in [2.24, 2.45) is 7.05 Å². The average Bonchev–Trinajstić information content (AvgIpc) is 2.01. The molecule has 1 rings (SSSR count). The third-order valence-corrected chi connectivity index (χ3v) is 1.53. The van der Waals surface area contributed by atoms with Crippen LogP contribution in [0.5, 0.6) is 0 Å². The van der Waals surface area contributed by atoms with Gasteiger partial charge in [0.2, 0.25) is 0 Å². The quantitative estimate of drug-likeness (QED) is 0.573. The second kappa shape index (κ2) is 3.72. The van der Waals surface area contributed by atoms with Crippen LogP contribution in [-0.4, -0.2) is 0 Å². The van der Waals surface area contributed by atoms with Crippen LogP contribution in [0.1, 0.15) is 12.0 Å². The lowest BCUT2D eigenvalue weighted by atomic mass is 10.2. The summed E-state index contributed by atoms with van der Waals surface area (Å²) in [7, 11) is 1.98. The molecule has 11 heavy (non-hydrogen) atoms. The predicted octanol–water partition coefficient (Wildman–Crippen LogP) is 0.967. The summed E-state index contributed by atoms with van der Waals surface area (Å²) in [5.41, 5.74) is 1.22. The van der Waals surface area contributed by atoms with Crippen LogP contribution in [0, 0.1) is 11.3 Å². The Kier molecular flexibility index (Phi) is 2.62. The zero-order valence-corrected chi connectivity index (χ0v) is 6.62. The predicted molar refractivity (Wildman–Crippen MR) is 41.6 cm³/mol. The Morgan fingerprint density at radius 1 is 1.64 bits per heavy atom. The summed E-state index contributed by atoms with van der Waals surface area (Å²) in [5, 5.41) is 8.34. The molecule has 0 saturated carbocycles. The maximum absolute atomic E-state index is 8.34. The van der Waals surface area contributed by atoms with Gasteiger partial charge in [0, 0.05) is 18.1 Å². The Morgan fingerprint density at radius 3 is 3.09 bits per heavy atom. The van der Waals surface area contributed by atoms with Gasteiger partial charge in [0.15, 0.2) is 12.4 Å². The zero-order valence-electron chi connectivity index (χ0n) is 6.62. The van der Waals surface area contributed by atoms with Gasteiger partial charge < -0.3 is 0 Å². The molecule has 2 heteroatoms. The van der Waals surface area contributed by atoms with Crippen LogP contribution < -0.4 is 4.57 Å². The van der Waals surface area contributed by atoms with Crippen molar-refractivity contribution < 1.29 is 4.57 Å². The summed E-state index contributed by atoms with van der Waals surface area (Å²) in [4.78, 5) is 0. The van der Waals surface area contributed by atoms with E-state index in [-0.39, 0.29) is 0 Å². The molecule has 1 aromatic rings. The Balaban J connectivity index is 2.65. The standard InChI is InChI=1S/C9H11N2/c1-11-7-3-5-9(8-11)4-2-6-10/h3,5,7-8H,2,4H2,1H3/q+1. The molecule has 0 atom stereocenters. The van der Waals surface area contributed by atoms with Gasteiger partial charge in [-0.15, -0.1) is 0 Å². The highest BCUT2D eigenvalue weighted by atomic mass is 14.9. The van der Waals surface area contributed by atoms with E-state index < -0.39 is 0 Å². The first-order chi connectivity index (χ1) is 5.33. The minimum Gasteiger partial charge on any atom is -0.208 e. The second-order valence-electron chi connectivity index (χ2n) is 2.54. The van der Waals surface area contributed by atoms with E-state index >= 15 is 0 Å². The van der Waals surface area contributed by atoms with Crippen LogP contribution in [-0.2, 0) is 13.5 Å². The number of hydrogen-bond acceptors (Lipinski definition) is 1. The van der Waals surface area contributed by atoms with Gasteiger partial charge in [0.25, 0.3) is 0 Å². The Morgan fingerprint density at radius 2 is 2.45 bits per heavy atom. The lowest BCUT2D eigenvalue weighted by Crippen LogP contribution is -2.26. The Bertz CT molecular complexity index is 273. The molecular formula is C9H11N2+. The first-order valence-electron chi connectivity index (χ1n) is 3.64. The topological polar surface area (TPSA) is 27.7 Å². The zero-order chi connectivity index (χ0) is 8.10. The normalized spacial score (nSPS) is 9.09. The first kappa shape index (κ1) is 7.74. The van der Waals surface area contributed by atoms with Crippen molar-refractivity contribution >= 4 is 0 Å². The molecule has 1 heterocycles. The van der Waals surface area contributed by atoms with Gasteiger partial charge in [-0.1, -0.05) is 0 Å². The van der Waals surface area contributed by atoms with E-state index in [0.29, 0.717) is 6.42 Å². The van der Waals surface area contributed by atoms with Gasteiger partial charge in [-0.3, -0.25) is 0 Å². The van der Waals surface area contributed by atoms with E-state index in [4.69, 9.17) is 5.26 Å². The Hall–Kier alpha value is -1.36. The van der Waals surface area contributed by atoms with Gasteiger partial charge in [0.05, 0.1) is 6.07 Å². The molecule has 0 aliphatic heterocycles. The highest BCUT2D eigenvalue weighted by molar-refractivity contribution is 5.06. The smallest absolute Gasteiger partial charge is 0.171 e. The van der Waals surface area contributed by atoms with E-state index in [2.05, 4.69) is 6.07 Å².